The highest BCUT2D eigenvalue weighted by atomic mass is 16.1. The lowest BCUT2D eigenvalue weighted by atomic mass is 10.0. The van der Waals surface area contributed by atoms with Gasteiger partial charge in [0.05, 0.1) is 23.7 Å². The molecule has 172 valence electrons. The van der Waals surface area contributed by atoms with Crippen LogP contribution in [-0.2, 0) is 11.2 Å². The van der Waals surface area contributed by atoms with Crippen molar-refractivity contribution in [1.29, 1.82) is 0 Å². The molecule has 4 aromatic rings. The van der Waals surface area contributed by atoms with Crippen LogP contribution in [0.3, 0.4) is 0 Å². The molecule has 1 aliphatic rings. The van der Waals surface area contributed by atoms with E-state index < -0.39 is 0 Å². The molecule has 0 spiro atoms. The first-order valence-electron chi connectivity index (χ1n) is 11.9. The largest absolute Gasteiger partial charge is 0.353 e. The molecule has 1 aromatic heterocycles. The summed E-state index contributed by atoms with van der Waals surface area (Å²) < 4.78 is 0. The van der Waals surface area contributed by atoms with Gasteiger partial charge in [0.1, 0.15) is 5.82 Å². The lowest BCUT2D eigenvalue weighted by molar-refractivity contribution is -0.115. The maximum Gasteiger partial charge on any atom is 0.228 e. The van der Waals surface area contributed by atoms with E-state index >= 15 is 0 Å². The lowest BCUT2D eigenvalue weighted by Gasteiger charge is -2.34. The van der Waals surface area contributed by atoms with E-state index in [-0.39, 0.29) is 5.91 Å². The van der Waals surface area contributed by atoms with Crippen LogP contribution < -0.4 is 10.2 Å². The maximum atomic E-state index is 12.3. The van der Waals surface area contributed by atoms with E-state index in [4.69, 9.17) is 4.98 Å². The van der Waals surface area contributed by atoms with Crippen molar-refractivity contribution in [2.75, 3.05) is 42.9 Å². The molecule has 34 heavy (non-hydrogen) atoms. The highest BCUT2D eigenvalue weighted by Gasteiger charge is 2.17. The number of hydrogen-bond donors (Lipinski definition) is 1. The van der Waals surface area contributed by atoms with Crippen LogP contribution in [0.2, 0.25) is 0 Å². The molecule has 1 amide bonds. The second-order valence-corrected chi connectivity index (χ2v) is 8.64. The third-order valence-corrected chi connectivity index (χ3v) is 6.38. The number of hydrogen-bond acceptors (Lipinski definition) is 5. The van der Waals surface area contributed by atoms with Crippen LogP contribution in [0.4, 0.5) is 11.5 Å². The van der Waals surface area contributed by atoms with Crippen molar-refractivity contribution >= 4 is 28.4 Å². The molecule has 1 N–H and O–H groups in total. The number of piperazine rings is 1. The summed E-state index contributed by atoms with van der Waals surface area (Å²) >= 11 is 0. The molecule has 6 nitrogen and oxygen atoms in total. The van der Waals surface area contributed by atoms with Crippen molar-refractivity contribution in [3.05, 3.63) is 84.6 Å². The first-order chi connectivity index (χ1) is 16.7. The molecule has 5 rings (SSSR count). The van der Waals surface area contributed by atoms with Gasteiger partial charge >= 0.3 is 0 Å². The minimum absolute atomic E-state index is 0.0211. The Balaban J connectivity index is 1.29. The maximum absolute atomic E-state index is 12.3. The first kappa shape index (κ1) is 22.0. The standard InChI is InChI=1S/C28H29N5O/c1-2-32-14-16-33(17-15-32)27-20-29-25-13-10-23(19-26(25)31-27)22-8-11-24(12-9-22)30-28(34)18-21-6-4-3-5-7-21/h3-13,19-20H,2,14-18H2,1H3,(H,30,34). The van der Waals surface area contributed by atoms with Crippen molar-refractivity contribution in [1.82, 2.24) is 14.9 Å². The second kappa shape index (κ2) is 10.0. The minimum Gasteiger partial charge on any atom is -0.353 e. The summed E-state index contributed by atoms with van der Waals surface area (Å²) in [5, 5.41) is 2.98. The molecule has 0 bridgehead atoms. The zero-order valence-electron chi connectivity index (χ0n) is 19.4. The Hall–Kier alpha value is -3.77. The van der Waals surface area contributed by atoms with E-state index in [1.54, 1.807) is 0 Å². The summed E-state index contributed by atoms with van der Waals surface area (Å²) in [5.41, 5.74) is 5.74. The van der Waals surface area contributed by atoms with Crippen molar-refractivity contribution in [2.45, 2.75) is 13.3 Å². The normalized spacial score (nSPS) is 14.3. The summed E-state index contributed by atoms with van der Waals surface area (Å²) in [7, 11) is 0. The van der Waals surface area contributed by atoms with Gasteiger partial charge in [0.2, 0.25) is 5.91 Å². The van der Waals surface area contributed by atoms with Gasteiger partial charge in [-0.05, 0) is 47.5 Å². The highest BCUT2D eigenvalue weighted by Crippen LogP contribution is 2.26. The van der Waals surface area contributed by atoms with Crippen LogP contribution in [0, 0.1) is 0 Å². The summed E-state index contributed by atoms with van der Waals surface area (Å²) in [4.78, 5) is 26.7. The van der Waals surface area contributed by atoms with Crippen LogP contribution in [-0.4, -0.2) is 53.5 Å². The molecular weight excluding hydrogens is 422 g/mol. The molecule has 1 saturated heterocycles. The van der Waals surface area contributed by atoms with Crippen molar-refractivity contribution in [2.24, 2.45) is 0 Å². The van der Waals surface area contributed by atoms with Crippen molar-refractivity contribution < 1.29 is 4.79 Å². The van der Waals surface area contributed by atoms with Gasteiger partial charge in [0, 0.05) is 31.9 Å². The fourth-order valence-corrected chi connectivity index (χ4v) is 4.36. The Bertz CT molecular complexity index is 1270. The van der Waals surface area contributed by atoms with Gasteiger partial charge in [-0.25, -0.2) is 4.98 Å². The average Bonchev–Trinajstić information content (AvgIpc) is 2.89. The number of nitrogens with zero attached hydrogens (tertiary/aromatic N) is 4. The number of carbonyl (C=O) groups is 1. The summed E-state index contributed by atoms with van der Waals surface area (Å²) in [5.74, 6) is 0.920. The second-order valence-electron chi connectivity index (χ2n) is 8.64. The zero-order chi connectivity index (χ0) is 23.3. The van der Waals surface area contributed by atoms with E-state index in [2.05, 4.69) is 39.2 Å². The minimum atomic E-state index is -0.0211. The monoisotopic (exact) mass is 451 g/mol. The Morgan fingerprint density at radius 1 is 0.882 bits per heavy atom. The van der Waals surface area contributed by atoms with Gasteiger partial charge in [-0.15, -0.1) is 0 Å². The van der Waals surface area contributed by atoms with E-state index in [1.807, 2.05) is 66.9 Å². The lowest BCUT2D eigenvalue weighted by Crippen LogP contribution is -2.46. The van der Waals surface area contributed by atoms with Gasteiger partial charge in [0.15, 0.2) is 0 Å². The molecule has 0 aliphatic carbocycles. The molecular formula is C28H29N5O. The molecule has 0 unspecified atom stereocenters. The number of benzene rings is 3. The van der Waals surface area contributed by atoms with Crippen LogP contribution in [0.5, 0.6) is 0 Å². The summed E-state index contributed by atoms with van der Waals surface area (Å²) in [6, 6.07) is 23.9. The molecule has 2 heterocycles. The van der Waals surface area contributed by atoms with E-state index in [1.165, 1.54) is 0 Å². The predicted octanol–water partition coefficient (Wildman–Crippen LogP) is 4.62. The molecule has 3 aromatic carbocycles. The van der Waals surface area contributed by atoms with E-state index in [9.17, 15) is 4.79 Å². The van der Waals surface area contributed by atoms with Crippen molar-refractivity contribution in [3.8, 4) is 11.1 Å². The number of nitrogens with one attached hydrogen (secondary N) is 1. The number of fused-ring (bicyclic) bond motifs is 1. The van der Waals surface area contributed by atoms with Gasteiger partial charge in [-0.2, -0.15) is 0 Å². The molecule has 0 atom stereocenters. The molecule has 0 saturated carbocycles. The topological polar surface area (TPSA) is 61.4 Å². The smallest absolute Gasteiger partial charge is 0.228 e. The number of anilines is 2. The Morgan fingerprint density at radius 3 is 2.35 bits per heavy atom. The number of aromatic nitrogens is 2. The van der Waals surface area contributed by atoms with Crippen LogP contribution in [0.1, 0.15) is 12.5 Å². The zero-order valence-corrected chi connectivity index (χ0v) is 19.4. The highest BCUT2D eigenvalue weighted by molar-refractivity contribution is 5.92. The third-order valence-electron chi connectivity index (χ3n) is 6.38. The van der Waals surface area contributed by atoms with Crippen molar-refractivity contribution in [3.63, 3.8) is 0 Å². The number of rotatable bonds is 6. The molecule has 0 radical (unpaired) electrons. The fraction of sp³-hybridized carbons (Fsp3) is 0.250. The molecule has 1 fully saturated rings. The Kier molecular flexibility index (Phi) is 6.49. The molecule has 1 aliphatic heterocycles. The number of likely N-dealkylation sites (N-methyl/N-ethyl adjacent to an activating group) is 1. The number of amides is 1. The third kappa shape index (κ3) is 5.07. The van der Waals surface area contributed by atoms with E-state index in [0.717, 1.165) is 72.0 Å². The SMILES string of the molecule is CCN1CCN(c2cnc3ccc(-c4ccc(NC(=O)Cc5ccccc5)cc4)cc3n2)CC1. The average molecular weight is 452 g/mol. The van der Waals surface area contributed by atoms with Gasteiger partial charge in [-0.1, -0.05) is 55.5 Å². The summed E-state index contributed by atoms with van der Waals surface area (Å²) in [6.45, 7) is 7.37. The van der Waals surface area contributed by atoms with Crippen LogP contribution in [0.15, 0.2) is 79.0 Å². The Morgan fingerprint density at radius 2 is 1.62 bits per heavy atom. The quantitative estimate of drug-likeness (QED) is 0.464. The van der Waals surface area contributed by atoms with Crippen LogP contribution >= 0.6 is 0 Å². The predicted molar refractivity (Wildman–Crippen MR) is 138 cm³/mol. The summed E-state index contributed by atoms with van der Waals surface area (Å²) in [6.07, 6.45) is 2.25. The van der Waals surface area contributed by atoms with Crippen LogP contribution in [0.25, 0.3) is 22.2 Å². The fourth-order valence-electron chi connectivity index (χ4n) is 4.36. The number of carbonyl (C=O) groups excluding carboxylic acids is 1. The molecule has 6 heteroatoms. The van der Waals surface area contributed by atoms with Gasteiger partial charge in [-0.3, -0.25) is 9.78 Å². The van der Waals surface area contributed by atoms with E-state index in [0.29, 0.717) is 6.42 Å². The Labute approximate surface area is 200 Å². The first-order valence-corrected chi connectivity index (χ1v) is 11.9. The van der Waals surface area contributed by atoms with Gasteiger partial charge < -0.3 is 15.1 Å². The van der Waals surface area contributed by atoms with Gasteiger partial charge in [0.25, 0.3) is 0 Å².